The predicted molar refractivity (Wildman–Crippen MR) is 68.1 cm³/mol. The molecule has 0 bridgehead atoms. The summed E-state index contributed by atoms with van der Waals surface area (Å²) in [6, 6.07) is 0. The molecule has 2 amide bonds. The zero-order valence-electron chi connectivity index (χ0n) is 11.4. The minimum atomic E-state index is -0.435. The molecule has 0 saturated carbocycles. The summed E-state index contributed by atoms with van der Waals surface area (Å²) in [6.07, 6.45) is 2.53. The van der Waals surface area contributed by atoms with Gasteiger partial charge in [0.1, 0.15) is 0 Å². The molecule has 1 aliphatic heterocycles. The van der Waals surface area contributed by atoms with Gasteiger partial charge in [-0.3, -0.25) is 9.59 Å². The van der Waals surface area contributed by atoms with Crippen molar-refractivity contribution >= 4 is 11.8 Å². The Bertz CT molecular complexity index is 468. The topological polar surface area (TPSA) is 91.0 Å². The summed E-state index contributed by atoms with van der Waals surface area (Å²) in [7, 11) is 1.74. The van der Waals surface area contributed by atoms with Crippen LogP contribution in [0.2, 0.25) is 0 Å². The molecule has 1 aromatic heterocycles. The number of nitrogens with one attached hydrogen (secondary N) is 2. The average Bonchev–Trinajstić information content (AvgIpc) is 2.93. The van der Waals surface area contributed by atoms with Crippen molar-refractivity contribution in [2.24, 2.45) is 5.92 Å². The molecule has 104 valence electrons. The summed E-state index contributed by atoms with van der Waals surface area (Å²) in [6.45, 7) is 4.33. The van der Waals surface area contributed by atoms with Gasteiger partial charge in [-0.15, -0.1) is 0 Å². The Hall–Kier alpha value is -1.92. The number of likely N-dealkylation sites (tertiary alicyclic amines) is 1. The quantitative estimate of drug-likeness (QED) is 0.783. The minimum Gasteiger partial charge on any atom is -0.355 e. The van der Waals surface area contributed by atoms with Crippen LogP contribution in [0.25, 0.3) is 0 Å². The van der Waals surface area contributed by atoms with Gasteiger partial charge in [-0.1, -0.05) is 0 Å². The van der Waals surface area contributed by atoms with Gasteiger partial charge < -0.3 is 10.2 Å². The first-order chi connectivity index (χ1) is 8.93. The highest BCUT2D eigenvalue weighted by atomic mass is 16.2. The largest absolute Gasteiger partial charge is 0.355 e. The Labute approximate surface area is 111 Å². The van der Waals surface area contributed by atoms with Crippen molar-refractivity contribution in [1.29, 1.82) is 0 Å². The van der Waals surface area contributed by atoms with E-state index in [2.05, 4.69) is 20.7 Å². The fourth-order valence-electron chi connectivity index (χ4n) is 2.31. The van der Waals surface area contributed by atoms with Gasteiger partial charge in [0.2, 0.25) is 11.8 Å². The summed E-state index contributed by atoms with van der Waals surface area (Å²) < 4.78 is 0. The second kappa shape index (κ2) is 4.99. The SMILES string of the molecule is CN1C(=O)C[C@@H](C(=O)NCCc2cn[nH]n2)C1(C)C. The van der Waals surface area contributed by atoms with Crippen LogP contribution in [-0.4, -0.2) is 51.3 Å². The molecule has 0 spiro atoms. The summed E-state index contributed by atoms with van der Waals surface area (Å²) in [5.74, 6) is -0.366. The Morgan fingerprint density at radius 3 is 2.89 bits per heavy atom. The van der Waals surface area contributed by atoms with Crippen LogP contribution in [0.4, 0.5) is 0 Å². The van der Waals surface area contributed by atoms with Crippen LogP contribution in [0, 0.1) is 5.92 Å². The van der Waals surface area contributed by atoms with E-state index in [1.54, 1.807) is 18.1 Å². The van der Waals surface area contributed by atoms with Crippen molar-refractivity contribution in [2.75, 3.05) is 13.6 Å². The summed E-state index contributed by atoms with van der Waals surface area (Å²) in [4.78, 5) is 25.5. The summed E-state index contributed by atoms with van der Waals surface area (Å²) in [5.41, 5.74) is 0.369. The third kappa shape index (κ3) is 2.59. The van der Waals surface area contributed by atoms with Gasteiger partial charge >= 0.3 is 0 Å². The van der Waals surface area contributed by atoms with Gasteiger partial charge in [0.05, 0.1) is 17.8 Å². The van der Waals surface area contributed by atoms with Crippen LogP contribution < -0.4 is 5.32 Å². The van der Waals surface area contributed by atoms with Crippen LogP contribution in [0.5, 0.6) is 0 Å². The van der Waals surface area contributed by atoms with Crippen molar-refractivity contribution in [3.8, 4) is 0 Å². The lowest BCUT2D eigenvalue weighted by molar-refractivity contribution is -0.128. The number of hydrogen-bond acceptors (Lipinski definition) is 4. The van der Waals surface area contributed by atoms with Crippen molar-refractivity contribution in [3.63, 3.8) is 0 Å². The zero-order chi connectivity index (χ0) is 14.0. The van der Waals surface area contributed by atoms with E-state index >= 15 is 0 Å². The second-order valence-electron chi connectivity index (χ2n) is 5.37. The highest BCUT2D eigenvalue weighted by molar-refractivity contribution is 5.90. The molecule has 7 heteroatoms. The molecular weight excluding hydrogens is 246 g/mol. The van der Waals surface area contributed by atoms with E-state index in [9.17, 15) is 9.59 Å². The van der Waals surface area contributed by atoms with Crippen molar-refractivity contribution in [3.05, 3.63) is 11.9 Å². The van der Waals surface area contributed by atoms with E-state index in [0.717, 1.165) is 5.69 Å². The molecule has 1 fully saturated rings. The Balaban J connectivity index is 1.88. The molecule has 2 N–H and O–H groups in total. The van der Waals surface area contributed by atoms with Gasteiger partial charge in [-0.25, -0.2) is 0 Å². The molecule has 1 aromatic rings. The Morgan fingerprint density at radius 1 is 1.63 bits per heavy atom. The van der Waals surface area contributed by atoms with Crippen LogP contribution in [0.1, 0.15) is 26.0 Å². The maximum atomic E-state index is 12.1. The molecular formula is C12H19N5O2. The van der Waals surface area contributed by atoms with Gasteiger partial charge in [-0.05, 0) is 13.8 Å². The van der Waals surface area contributed by atoms with Crippen LogP contribution in [0.15, 0.2) is 6.20 Å². The zero-order valence-corrected chi connectivity index (χ0v) is 11.4. The fraction of sp³-hybridized carbons (Fsp3) is 0.667. The number of amides is 2. The van der Waals surface area contributed by atoms with Crippen molar-refractivity contribution < 1.29 is 9.59 Å². The highest BCUT2D eigenvalue weighted by Crippen LogP contribution is 2.34. The number of H-pyrrole nitrogens is 1. The van der Waals surface area contributed by atoms with E-state index in [0.29, 0.717) is 13.0 Å². The Morgan fingerprint density at radius 2 is 2.37 bits per heavy atom. The first-order valence-electron chi connectivity index (χ1n) is 6.32. The lowest BCUT2D eigenvalue weighted by Gasteiger charge is -2.32. The average molecular weight is 265 g/mol. The first-order valence-corrected chi connectivity index (χ1v) is 6.32. The number of rotatable bonds is 4. The Kier molecular flexibility index (Phi) is 3.55. The molecule has 1 atom stereocenters. The van der Waals surface area contributed by atoms with E-state index in [-0.39, 0.29) is 24.2 Å². The van der Waals surface area contributed by atoms with Crippen LogP contribution in [-0.2, 0) is 16.0 Å². The predicted octanol–water partition coefficient (Wildman–Crippen LogP) is -0.280. The standard InChI is InChI=1S/C12H19N5O2/c1-12(2)9(6-10(18)17(12)3)11(19)13-5-4-8-7-14-16-15-8/h7,9H,4-6H2,1-3H3,(H,13,19)(H,14,15,16)/t9-/m0/s1. The molecule has 19 heavy (non-hydrogen) atoms. The van der Waals surface area contributed by atoms with E-state index in [1.807, 2.05) is 13.8 Å². The van der Waals surface area contributed by atoms with E-state index in [1.165, 1.54) is 0 Å². The highest BCUT2D eigenvalue weighted by Gasteiger charge is 2.47. The van der Waals surface area contributed by atoms with Gasteiger partial charge in [0.15, 0.2) is 0 Å². The second-order valence-corrected chi connectivity index (χ2v) is 5.37. The summed E-state index contributed by atoms with van der Waals surface area (Å²) >= 11 is 0. The molecule has 7 nitrogen and oxygen atoms in total. The minimum absolute atomic E-state index is 0.0154. The van der Waals surface area contributed by atoms with Gasteiger partial charge in [0, 0.05) is 32.0 Å². The van der Waals surface area contributed by atoms with Gasteiger partial charge in [-0.2, -0.15) is 15.4 Å². The van der Waals surface area contributed by atoms with Crippen LogP contribution >= 0.6 is 0 Å². The van der Waals surface area contributed by atoms with Crippen molar-refractivity contribution in [2.45, 2.75) is 32.2 Å². The molecule has 1 saturated heterocycles. The monoisotopic (exact) mass is 265 g/mol. The molecule has 0 aliphatic carbocycles. The summed E-state index contributed by atoms with van der Waals surface area (Å²) in [5, 5.41) is 13.0. The maximum Gasteiger partial charge on any atom is 0.226 e. The molecule has 2 heterocycles. The van der Waals surface area contributed by atoms with E-state index in [4.69, 9.17) is 0 Å². The lowest BCUT2D eigenvalue weighted by atomic mass is 9.88. The molecule has 1 aliphatic rings. The third-order valence-electron chi connectivity index (χ3n) is 3.93. The number of carbonyl (C=O) groups is 2. The van der Waals surface area contributed by atoms with Gasteiger partial charge in [0.25, 0.3) is 0 Å². The lowest BCUT2D eigenvalue weighted by Crippen LogP contribution is -2.47. The number of carbonyl (C=O) groups excluding carboxylic acids is 2. The smallest absolute Gasteiger partial charge is 0.226 e. The van der Waals surface area contributed by atoms with Crippen LogP contribution in [0.3, 0.4) is 0 Å². The molecule has 0 aromatic carbocycles. The molecule has 0 radical (unpaired) electrons. The fourth-order valence-corrected chi connectivity index (χ4v) is 2.31. The number of aromatic nitrogens is 3. The normalized spacial score (nSPS) is 21.7. The third-order valence-corrected chi connectivity index (χ3v) is 3.93. The number of aromatic amines is 1. The van der Waals surface area contributed by atoms with E-state index < -0.39 is 5.54 Å². The molecule has 2 rings (SSSR count). The number of nitrogens with zero attached hydrogens (tertiary/aromatic N) is 3. The number of hydrogen-bond donors (Lipinski definition) is 2. The molecule has 0 unspecified atom stereocenters. The first kappa shape index (κ1) is 13.5. The maximum absolute atomic E-state index is 12.1. The van der Waals surface area contributed by atoms with Crippen molar-refractivity contribution in [1.82, 2.24) is 25.6 Å².